The Bertz CT molecular complexity index is 946. The molecule has 4 aliphatic rings. The molecule has 6 atom stereocenters. The standard InChI is InChI=1S/C26H35N3O5/c1-26(2,3)34-25(32)27-19-14-22-21(33-22)13-18-9-10-20(29(18)23(19)30)24(31)28-12-11-17(15-28)16-7-5-4-6-8-16/h4-8,17-22H,9-15H2,1-3H3,(H,27,32)/t17-,18-,19+,20+,21-,22+/m0/s1. The third-order valence-corrected chi connectivity index (χ3v) is 7.46. The highest BCUT2D eigenvalue weighted by Crippen LogP contribution is 2.40. The molecule has 0 saturated carbocycles. The maximum absolute atomic E-state index is 13.7. The van der Waals surface area contributed by atoms with Gasteiger partial charge in [0.2, 0.25) is 11.8 Å². The smallest absolute Gasteiger partial charge is 0.408 e. The van der Waals surface area contributed by atoms with E-state index in [-0.39, 0.29) is 30.1 Å². The van der Waals surface area contributed by atoms with Crippen molar-refractivity contribution in [1.82, 2.24) is 15.1 Å². The summed E-state index contributed by atoms with van der Waals surface area (Å²) in [5.74, 6) is 0.159. The van der Waals surface area contributed by atoms with Gasteiger partial charge in [-0.2, -0.15) is 0 Å². The van der Waals surface area contributed by atoms with E-state index >= 15 is 0 Å². The number of carbonyl (C=O) groups is 3. The number of ether oxygens (including phenoxy) is 2. The summed E-state index contributed by atoms with van der Waals surface area (Å²) < 4.78 is 11.2. The average Bonchev–Trinajstić information content (AvgIpc) is 3.15. The molecule has 3 amide bonds. The second kappa shape index (κ2) is 8.87. The van der Waals surface area contributed by atoms with Crippen molar-refractivity contribution in [3.8, 4) is 0 Å². The Morgan fingerprint density at radius 3 is 2.53 bits per heavy atom. The van der Waals surface area contributed by atoms with Crippen molar-refractivity contribution in [3.05, 3.63) is 35.9 Å². The molecule has 0 spiro atoms. The van der Waals surface area contributed by atoms with Gasteiger partial charge >= 0.3 is 6.09 Å². The number of fused-ring (bicyclic) bond motifs is 2. The van der Waals surface area contributed by atoms with Gasteiger partial charge in [0.25, 0.3) is 0 Å². The molecule has 5 rings (SSSR count). The zero-order chi connectivity index (χ0) is 24.0. The lowest BCUT2D eigenvalue weighted by atomic mass is 9.99. The molecule has 0 unspecified atom stereocenters. The predicted octanol–water partition coefficient (Wildman–Crippen LogP) is 2.82. The molecule has 0 radical (unpaired) electrons. The summed E-state index contributed by atoms with van der Waals surface area (Å²) in [6, 6.07) is 9.03. The van der Waals surface area contributed by atoms with Gasteiger partial charge in [0.05, 0.1) is 12.2 Å². The zero-order valence-electron chi connectivity index (χ0n) is 20.2. The maximum Gasteiger partial charge on any atom is 0.408 e. The molecule has 0 aliphatic carbocycles. The molecule has 4 heterocycles. The van der Waals surface area contributed by atoms with E-state index in [9.17, 15) is 14.4 Å². The molecule has 8 nitrogen and oxygen atoms in total. The summed E-state index contributed by atoms with van der Waals surface area (Å²) in [5, 5.41) is 2.76. The van der Waals surface area contributed by atoms with Crippen molar-refractivity contribution in [3.63, 3.8) is 0 Å². The lowest BCUT2D eigenvalue weighted by molar-refractivity contribution is -0.146. The molecule has 8 heteroatoms. The number of nitrogens with zero attached hydrogens (tertiary/aromatic N) is 2. The first-order valence-electron chi connectivity index (χ1n) is 12.5. The van der Waals surface area contributed by atoms with E-state index < -0.39 is 23.8 Å². The lowest BCUT2D eigenvalue weighted by Gasteiger charge is -2.35. The molecule has 1 N–H and O–H groups in total. The molecular weight excluding hydrogens is 434 g/mol. The van der Waals surface area contributed by atoms with Crippen LogP contribution in [0.3, 0.4) is 0 Å². The predicted molar refractivity (Wildman–Crippen MR) is 125 cm³/mol. The second-order valence-corrected chi connectivity index (χ2v) is 11.1. The fraction of sp³-hybridized carbons (Fsp3) is 0.654. The Morgan fingerprint density at radius 1 is 1.06 bits per heavy atom. The van der Waals surface area contributed by atoms with Crippen LogP contribution in [0.1, 0.15) is 64.4 Å². The summed E-state index contributed by atoms with van der Waals surface area (Å²) >= 11 is 0. The highest BCUT2D eigenvalue weighted by atomic mass is 16.6. The summed E-state index contributed by atoms with van der Waals surface area (Å²) in [4.78, 5) is 43.5. The van der Waals surface area contributed by atoms with E-state index in [1.54, 1.807) is 25.7 Å². The monoisotopic (exact) mass is 469 g/mol. The van der Waals surface area contributed by atoms with E-state index in [0.29, 0.717) is 31.8 Å². The number of hydrogen-bond donors (Lipinski definition) is 1. The van der Waals surface area contributed by atoms with Crippen LogP contribution in [0, 0.1) is 0 Å². The van der Waals surface area contributed by atoms with Crippen molar-refractivity contribution < 1.29 is 23.9 Å². The first kappa shape index (κ1) is 23.1. The number of amides is 3. The maximum atomic E-state index is 13.7. The lowest BCUT2D eigenvalue weighted by Crippen LogP contribution is -2.57. The van der Waals surface area contributed by atoms with Crippen LogP contribution in [0.2, 0.25) is 0 Å². The van der Waals surface area contributed by atoms with Crippen LogP contribution in [-0.4, -0.2) is 76.7 Å². The fourth-order valence-corrected chi connectivity index (χ4v) is 5.80. The van der Waals surface area contributed by atoms with E-state index in [0.717, 1.165) is 19.3 Å². The third kappa shape index (κ3) is 4.78. The minimum atomic E-state index is -0.753. The van der Waals surface area contributed by atoms with Gasteiger partial charge in [-0.1, -0.05) is 30.3 Å². The van der Waals surface area contributed by atoms with Gasteiger partial charge in [-0.3, -0.25) is 9.59 Å². The van der Waals surface area contributed by atoms with Crippen molar-refractivity contribution in [1.29, 1.82) is 0 Å². The summed E-state index contributed by atoms with van der Waals surface area (Å²) in [6.07, 6.45) is 2.98. The normalized spacial score (nSPS) is 33.0. The van der Waals surface area contributed by atoms with Gasteiger partial charge in [-0.05, 0) is 52.0 Å². The highest BCUT2D eigenvalue weighted by molar-refractivity contribution is 5.92. The van der Waals surface area contributed by atoms with E-state index in [2.05, 4.69) is 17.4 Å². The van der Waals surface area contributed by atoms with Crippen LogP contribution in [0.25, 0.3) is 0 Å². The Hall–Kier alpha value is -2.61. The van der Waals surface area contributed by atoms with Crippen LogP contribution < -0.4 is 5.32 Å². The van der Waals surface area contributed by atoms with Gasteiger partial charge in [0.1, 0.15) is 17.7 Å². The Balaban J connectivity index is 1.30. The van der Waals surface area contributed by atoms with Gasteiger partial charge in [0.15, 0.2) is 0 Å². The number of nitrogens with one attached hydrogen (secondary N) is 1. The first-order chi connectivity index (χ1) is 16.2. The molecule has 184 valence electrons. The van der Waals surface area contributed by atoms with Crippen molar-refractivity contribution in [2.75, 3.05) is 13.1 Å². The molecule has 4 aliphatic heterocycles. The number of hydrogen-bond acceptors (Lipinski definition) is 5. The quantitative estimate of drug-likeness (QED) is 0.688. The van der Waals surface area contributed by atoms with Crippen LogP contribution in [0.5, 0.6) is 0 Å². The topological polar surface area (TPSA) is 91.5 Å². The minimum Gasteiger partial charge on any atom is -0.444 e. The summed E-state index contributed by atoms with van der Waals surface area (Å²) in [7, 11) is 0. The summed E-state index contributed by atoms with van der Waals surface area (Å²) in [5.41, 5.74) is 0.593. The average molecular weight is 470 g/mol. The number of rotatable bonds is 3. The van der Waals surface area contributed by atoms with Crippen LogP contribution in [-0.2, 0) is 19.1 Å². The van der Waals surface area contributed by atoms with Crippen LogP contribution in [0.15, 0.2) is 30.3 Å². The molecule has 0 aromatic heterocycles. The molecule has 4 fully saturated rings. The van der Waals surface area contributed by atoms with Gasteiger partial charge < -0.3 is 24.6 Å². The molecule has 4 saturated heterocycles. The fourth-order valence-electron chi connectivity index (χ4n) is 5.80. The number of alkyl carbamates (subject to hydrolysis) is 1. The van der Waals surface area contributed by atoms with Crippen molar-refractivity contribution >= 4 is 17.9 Å². The first-order valence-corrected chi connectivity index (χ1v) is 12.5. The number of epoxide rings is 1. The number of carbonyl (C=O) groups excluding carboxylic acids is 3. The largest absolute Gasteiger partial charge is 0.444 e. The van der Waals surface area contributed by atoms with Crippen molar-refractivity contribution in [2.45, 2.75) is 94.7 Å². The van der Waals surface area contributed by atoms with Gasteiger partial charge in [-0.15, -0.1) is 0 Å². The second-order valence-electron chi connectivity index (χ2n) is 11.1. The Labute approximate surface area is 200 Å². The SMILES string of the molecule is CC(C)(C)OC(=O)N[C@@H]1C[C@H]2O[C@H]2C[C@@H]2CC[C@H](C(=O)N3CC[C@H](c4ccccc4)C3)N2C1=O. The number of likely N-dealkylation sites (tertiary alicyclic amines) is 1. The van der Waals surface area contributed by atoms with E-state index in [4.69, 9.17) is 9.47 Å². The number of benzene rings is 1. The van der Waals surface area contributed by atoms with Gasteiger partial charge in [-0.25, -0.2) is 4.79 Å². The molecule has 1 aromatic rings. The van der Waals surface area contributed by atoms with E-state index in [1.807, 2.05) is 23.1 Å². The Morgan fingerprint density at radius 2 is 1.79 bits per heavy atom. The minimum absolute atomic E-state index is 0.0222. The van der Waals surface area contributed by atoms with Gasteiger partial charge in [0, 0.05) is 31.5 Å². The van der Waals surface area contributed by atoms with Crippen LogP contribution >= 0.6 is 0 Å². The molecule has 0 bridgehead atoms. The van der Waals surface area contributed by atoms with Crippen LogP contribution in [0.4, 0.5) is 4.79 Å². The van der Waals surface area contributed by atoms with E-state index in [1.165, 1.54) is 5.56 Å². The molecular formula is C26H35N3O5. The zero-order valence-corrected chi connectivity index (χ0v) is 20.2. The molecule has 34 heavy (non-hydrogen) atoms. The highest BCUT2D eigenvalue weighted by Gasteiger charge is 2.53. The summed E-state index contributed by atoms with van der Waals surface area (Å²) in [6.45, 7) is 6.75. The van der Waals surface area contributed by atoms with Crippen molar-refractivity contribution in [2.24, 2.45) is 0 Å². The Kier molecular flexibility index (Phi) is 6.04. The third-order valence-electron chi connectivity index (χ3n) is 7.46. The molecule has 1 aromatic carbocycles.